The van der Waals surface area contributed by atoms with E-state index in [2.05, 4.69) is 120 Å². The normalized spacial score (nSPS) is 11.1. The zero-order chi connectivity index (χ0) is 27.9. The molecule has 0 aliphatic rings. The highest BCUT2D eigenvalue weighted by Gasteiger charge is 2.19. The summed E-state index contributed by atoms with van der Waals surface area (Å²) < 4.78 is 2.33. The van der Waals surface area contributed by atoms with Gasteiger partial charge < -0.3 is 4.57 Å². The van der Waals surface area contributed by atoms with Gasteiger partial charge in [-0.2, -0.15) is 5.26 Å². The average molecular weight is 526 g/mol. The van der Waals surface area contributed by atoms with Crippen LogP contribution in [0.3, 0.4) is 0 Å². The number of pyridine rings is 1. The molecular weight excluding hydrogens is 498 g/mol. The van der Waals surface area contributed by atoms with Gasteiger partial charge in [0.1, 0.15) is 0 Å². The third-order valence-electron chi connectivity index (χ3n) is 7.94. The number of hydrogen-bond acceptors (Lipinski definition) is 2. The number of nitrogens with zero attached hydrogens (tertiary/aromatic N) is 3. The van der Waals surface area contributed by atoms with E-state index in [0.717, 1.165) is 39.0 Å². The average Bonchev–Trinajstić information content (AvgIpc) is 3.35. The first-order valence-electron chi connectivity index (χ1n) is 13.8. The molecule has 0 spiro atoms. The van der Waals surface area contributed by atoms with E-state index in [-0.39, 0.29) is 0 Å². The van der Waals surface area contributed by atoms with Crippen molar-refractivity contribution in [1.82, 2.24) is 9.55 Å². The Morgan fingerprint density at radius 1 is 0.585 bits per heavy atom. The lowest BCUT2D eigenvalue weighted by atomic mass is 9.93. The number of aryl methyl sites for hydroxylation is 2. The minimum absolute atomic E-state index is 0.627. The molecule has 0 unspecified atom stereocenters. The predicted octanol–water partition coefficient (Wildman–Crippen LogP) is 9.67. The minimum Gasteiger partial charge on any atom is -0.309 e. The highest BCUT2D eigenvalue weighted by atomic mass is 15.0. The summed E-state index contributed by atoms with van der Waals surface area (Å²) in [7, 11) is 0. The van der Waals surface area contributed by atoms with Crippen molar-refractivity contribution < 1.29 is 0 Å². The minimum atomic E-state index is 0.627. The number of rotatable bonds is 4. The molecule has 0 atom stereocenters. The fourth-order valence-electron chi connectivity index (χ4n) is 6.02. The molecule has 0 saturated heterocycles. The van der Waals surface area contributed by atoms with Crippen molar-refractivity contribution in [3.05, 3.63) is 144 Å². The van der Waals surface area contributed by atoms with Gasteiger partial charge in [-0.15, -0.1) is 0 Å². The lowest BCUT2D eigenvalue weighted by Gasteiger charge is -2.18. The second-order valence-corrected chi connectivity index (χ2v) is 10.5. The molecule has 0 amide bonds. The van der Waals surface area contributed by atoms with Crippen molar-refractivity contribution in [1.29, 1.82) is 5.26 Å². The number of nitriles is 1. The first-order chi connectivity index (χ1) is 20.1. The van der Waals surface area contributed by atoms with Gasteiger partial charge in [0.05, 0.1) is 28.4 Å². The summed E-state index contributed by atoms with van der Waals surface area (Å²) in [6.45, 7) is 4.30. The van der Waals surface area contributed by atoms with Gasteiger partial charge in [-0.25, -0.2) is 0 Å². The molecule has 2 aromatic heterocycles. The second-order valence-electron chi connectivity index (χ2n) is 10.5. The summed E-state index contributed by atoms with van der Waals surface area (Å²) >= 11 is 0. The maximum Gasteiger partial charge on any atom is 0.0998 e. The maximum atomic E-state index is 10.4. The Kier molecular flexibility index (Phi) is 5.95. The molecule has 7 rings (SSSR count). The monoisotopic (exact) mass is 525 g/mol. The van der Waals surface area contributed by atoms with Gasteiger partial charge in [-0.3, -0.25) is 4.98 Å². The third-order valence-corrected chi connectivity index (χ3v) is 7.94. The lowest BCUT2D eigenvalue weighted by Crippen LogP contribution is -2.00. The fraction of sp³-hybridized carbons (Fsp3) is 0.0526. The van der Waals surface area contributed by atoms with Gasteiger partial charge in [0.15, 0.2) is 0 Å². The van der Waals surface area contributed by atoms with Gasteiger partial charge >= 0.3 is 0 Å². The number of aromatic nitrogens is 2. The summed E-state index contributed by atoms with van der Waals surface area (Å²) in [4.78, 5) is 4.19. The van der Waals surface area contributed by atoms with Crippen LogP contribution in [0.15, 0.2) is 128 Å². The number of fused-ring (bicyclic) bond motifs is 3. The van der Waals surface area contributed by atoms with Crippen LogP contribution >= 0.6 is 0 Å². The second kappa shape index (κ2) is 9.93. The summed E-state index contributed by atoms with van der Waals surface area (Å²) in [5.74, 6) is 0. The molecule has 0 radical (unpaired) electrons. The van der Waals surface area contributed by atoms with Gasteiger partial charge in [-0.1, -0.05) is 84.4 Å². The van der Waals surface area contributed by atoms with E-state index in [4.69, 9.17) is 0 Å². The lowest BCUT2D eigenvalue weighted by molar-refractivity contribution is 1.18. The highest BCUT2D eigenvalue weighted by molar-refractivity contribution is 6.11. The Bertz CT molecular complexity index is 2110. The van der Waals surface area contributed by atoms with Crippen LogP contribution in [0.4, 0.5) is 0 Å². The Labute approximate surface area is 239 Å². The molecule has 2 heterocycles. The third kappa shape index (κ3) is 4.18. The van der Waals surface area contributed by atoms with Crippen LogP contribution in [0.1, 0.15) is 16.7 Å². The number of benzene rings is 5. The van der Waals surface area contributed by atoms with Gasteiger partial charge in [0, 0.05) is 34.3 Å². The van der Waals surface area contributed by atoms with Crippen LogP contribution < -0.4 is 0 Å². The summed E-state index contributed by atoms with van der Waals surface area (Å²) in [5.41, 5.74) is 12.8. The van der Waals surface area contributed by atoms with Crippen molar-refractivity contribution in [2.75, 3.05) is 0 Å². The molecule has 3 heteroatoms. The Hall–Kier alpha value is -5.46. The summed E-state index contributed by atoms with van der Waals surface area (Å²) in [6.07, 6.45) is 3.54. The van der Waals surface area contributed by atoms with Crippen molar-refractivity contribution >= 4 is 21.8 Å². The van der Waals surface area contributed by atoms with E-state index in [0.29, 0.717) is 5.56 Å². The smallest absolute Gasteiger partial charge is 0.0998 e. The Morgan fingerprint density at radius 3 is 2.10 bits per heavy atom. The molecule has 7 aromatic rings. The Balaban J connectivity index is 1.59. The first-order valence-corrected chi connectivity index (χ1v) is 13.8. The van der Waals surface area contributed by atoms with E-state index in [1.165, 1.54) is 33.0 Å². The topological polar surface area (TPSA) is 41.6 Å². The fourth-order valence-corrected chi connectivity index (χ4v) is 6.02. The van der Waals surface area contributed by atoms with Crippen LogP contribution in [-0.2, 0) is 0 Å². The quantitative estimate of drug-likeness (QED) is 0.229. The van der Waals surface area contributed by atoms with Crippen molar-refractivity contribution in [2.45, 2.75) is 13.8 Å². The van der Waals surface area contributed by atoms with Crippen LogP contribution in [-0.4, -0.2) is 9.55 Å². The molecule has 194 valence electrons. The molecular formula is C38H27N3. The first kappa shape index (κ1) is 24.6. The van der Waals surface area contributed by atoms with E-state index in [1.54, 1.807) is 12.4 Å². The number of para-hydroxylation sites is 1. The highest BCUT2D eigenvalue weighted by Crippen LogP contribution is 2.40. The summed E-state index contributed by atoms with van der Waals surface area (Å²) in [6, 6.07) is 43.0. The van der Waals surface area contributed by atoms with E-state index >= 15 is 0 Å². The van der Waals surface area contributed by atoms with Crippen LogP contribution in [0.5, 0.6) is 0 Å². The molecule has 0 saturated carbocycles. The molecule has 0 fully saturated rings. The number of hydrogen-bond donors (Lipinski definition) is 0. The molecule has 0 aliphatic carbocycles. The van der Waals surface area contributed by atoms with Crippen LogP contribution in [0.25, 0.3) is 60.9 Å². The van der Waals surface area contributed by atoms with Gasteiger partial charge in [0.2, 0.25) is 0 Å². The molecule has 0 N–H and O–H groups in total. The van der Waals surface area contributed by atoms with Crippen LogP contribution in [0, 0.1) is 25.2 Å². The van der Waals surface area contributed by atoms with Crippen molar-refractivity contribution in [2.24, 2.45) is 0 Å². The van der Waals surface area contributed by atoms with E-state index in [9.17, 15) is 5.26 Å². The van der Waals surface area contributed by atoms with E-state index in [1.807, 2.05) is 24.3 Å². The standard InChI is InChI=1S/C38H27N3/c1-25-12-14-31(26(2)20-25)29-13-15-33-32-10-6-7-11-36(32)41(37(33)21-29)38-22-30(24-39)34(28-16-18-40-19-17-28)23-35(38)27-8-4-3-5-9-27/h3-23H,1-2H3. The molecule has 41 heavy (non-hydrogen) atoms. The van der Waals surface area contributed by atoms with Crippen molar-refractivity contribution in [3.8, 4) is 45.1 Å². The maximum absolute atomic E-state index is 10.4. The van der Waals surface area contributed by atoms with Crippen molar-refractivity contribution in [3.63, 3.8) is 0 Å². The largest absolute Gasteiger partial charge is 0.309 e. The van der Waals surface area contributed by atoms with Gasteiger partial charge in [-0.05, 0) is 78.1 Å². The molecule has 0 aliphatic heterocycles. The van der Waals surface area contributed by atoms with E-state index < -0.39 is 0 Å². The molecule has 3 nitrogen and oxygen atoms in total. The molecule has 0 bridgehead atoms. The van der Waals surface area contributed by atoms with Crippen LogP contribution in [0.2, 0.25) is 0 Å². The molecule has 5 aromatic carbocycles. The predicted molar refractivity (Wildman–Crippen MR) is 169 cm³/mol. The SMILES string of the molecule is Cc1ccc(-c2ccc3c4ccccc4n(-c4cc(C#N)c(-c5ccncc5)cc4-c4ccccc4)c3c2)c(C)c1. The Morgan fingerprint density at radius 2 is 1.32 bits per heavy atom. The summed E-state index contributed by atoms with van der Waals surface area (Å²) in [5, 5.41) is 12.7. The van der Waals surface area contributed by atoms with Gasteiger partial charge in [0.25, 0.3) is 0 Å². The zero-order valence-electron chi connectivity index (χ0n) is 23.0. The zero-order valence-corrected chi connectivity index (χ0v) is 23.0.